The van der Waals surface area contributed by atoms with Gasteiger partial charge in [-0.25, -0.2) is 0 Å². The van der Waals surface area contributed by atoms with Gasteiger partial charge in [0.1, 0.15) is 0 Å². The quantitative estimate of drug-likeness (QED) is 0.638. The fourth-order valence-corrected chi connectivity index (χ4v) is 2.13. The van der Waals surface area contributed by atoms with Crippen LogP contribution in [0.25, 0.3) is 0 Å². The fourth-order valence-electron chi connectivity index (χ4n) is 0.635. The van der Waals surface area contributed by atoms with Crippen LogP contribution < -0.4 is 0 Å². The number of rotatable bonds is 1. The molecule has 0 bridgehead atoms. The van der Waals surface area contributed by atoms with Crippen LogP contribution in [0, 0.1) is 0 Å². The molecule has 12 heavy (non-hydrogen) atoms. The highest BCUT2D eigenvalue weighted by Crippen LogP contribution is 2.43. The van der Waals surface area contributed by atoms with Crippen LogP contribution in [0.5, 0.6) is 0 Å². The molecule has 0 radical (unpaired) electrons. The molecule has 0 spiro atoms. The zero-order valence-corrected chi connectivity index (χ0v) is 7.86. The van der Waals surface area contributed by atoms with Crippen molar-refractivity contribution in [3.8, 4) is 0 Å². The Hall–Kier alpha value is 0.0700. The smallest absolute Gasteiger partial charge is 0.169 e. The maximum atomic E-state index is 12.0. The maximum Gasteiger partial charge on any atom is 0.409 e. The number of halogens is 5. The summed E-state index contributed by atoms with van der Waals surface area (Å²) in [6.45, 7) is 0. The maximum absolute atomic E-state index is 12.0. The molecule has 0 saturated carbocycles. The Balaban J connectivity index is 2.92. The van der Waals surface area contributed by atoms with Crippen LogP contribution in [0.1, 0.15) is 10.3 Å². The summed E-state index contributed by atoms with van der Waals surface area (Å²) in [6, 6.07) is 1.39. The second-order valence-electron chi connectivity index (χ2n) is 2.04. The van der Waals surface area contributed by atoms with Crippen LogP contribution in [0.2, 0.25) is 5.02 Å². The van der Waals surface area contributed by atoms with E-state index in [0.29, 0.717) is 0 Å². The van der Waals surface area contributed by atoms with Crippen molar-refractivity contribution in [2.45, 2.75) is 11.6 Å². The van der Waals surface area contributed by atoms with E-state index in [4.69, 9.17) is 23.2 Å². The molecule has 1 unspecified atom stereocenters. The first-order valence-electron chi connectivity index (χ1n) is 2.86. The second-order valence-corrected chi connectivity index (χ2v) is 3.83. The van der Waals surface area contributed by atoms with Gasteiger partial charge in [0.15, 0.2) is 5.38 Å². The van der Waals surface area contributed by atoms with Gasteiger partial charge in [0, 0.05) is 0 Å². The highest BCUT2D eigenvalue weighted by atomic mass is 35.5. The van der Waals surface area contributed by atoms with Gasteiger partial charge < -0.3 is 0 Å². The largest absolute Gasteiger partial charge is 0.409 e. The van der Waals surface area contributed by atoms with Gasteiger partial charge in [-0.05, 0) is 11.4 Å². The van der Waals surface area contributed by atoms with Gasteiger partial charge in [-0.15, -0.1) is 22.9 Å². The van der Waals surface area contributed by atoms with E-state index in [1.807, 2.05) is 0 Å². The molecule has 0 aliphatic carbocycles. The molecule has 0 saturated heterocycles. The zero-order valence-electron chi connectivity index (χ0n) is 5.53. The van der Waals surface area contributed by atoms with Crippen LogP contribution in [-0.4, -0.2) is 6.18 Å². The third-order valence-electron chi connectivity index (χ3n) is 1.16. The summed E-state index contributed by atoms with van der Waals surface area (Å²) in [5.41, 5.74) is 0. The van der Waals surface area contributed by atoms with Crippen LogP contribution in [0.15, 0.2) is 11.4 Å². The Morgan fingerprint density at radius 1 is 1.42 bits per heavy atom. The molecule has 0 amide bonds. The van der Waals surface area contributed by atoms with Crippen molar-refractivity contribution in [2.75, 3.05) is 0 Å². The summed E-state index contributed by atoms with van der Waals surface area (Å²) >= 11 is 11.5. The van der Waals surface area contributed by atoms with E-state index in [9.17, 15) is 13.2 Å². The van der Waals surface area contributed by atoms with Gasteiger partial charge in [0.05, 0.1) is 9.90 Å². The van der Waals surface area contributed by atoms with Gasteiger partial charge in [-0.3, -0.25) is 0 Å². The minimum atomic E-state index is -4.43. The van der Waals surface area contributed by atoms with Crippen LogP contribution in [0.3, 0.4) is 0 Å². The van der Waals surface area contributed by atoms with Crippen LogP contribution in [0.4, 0.5) is 13.2 Å². The summed E-state index contributed by atoms with van der Waals surface area (Å²) in [5, 5.41) is -0.457. The van der Waals surface area contributed by atoms with E-state index in [-0.39, 0.29) is 9.90 Å². The minimum Gasteiger partial charge on any atom is -0.169 e. The van der Waals surface area contributed by atoms with Crippen molar-refractivity contribution in [1.29, 1.82) is 0 Å². The van der Waals surface area contributed by atoms with Gasteiger partial charge >= 0.3 is 6.18 Å². The molecule has 1 aromatic heterocycles. The number of hydrogen-bond donors (Lipinski definition) is 0. The van der Waals surface area contributed by atoms with Crippen molar-refractivity contribution in [3.63, 3.8) is 0 Å². The molecule has 1 heterocycles. The molecule has 0 aliphatic rings. The molecule has 68 valence electrons. The Labute approximate surface area is 80.9 Å². The lowest BCUT2D eigenvalue weighted by molar-refractivity contribution is -0.131. The number of thiophene rings is 1. The first kappa shape index (κ1) is 10.2. The Bertz CT molecular complexity index is 268. The Kier molecular flexibility index (Phi) is 2.91. The number of hydrogen-bond acceptors (Lipinski definition) is 1. The van der Waals surface area contributed by atoms with Crippen molar-refractivity contribution < 1.29 is 13.2 Å². The lowest BCUT2D eigenvalue weighted by Crippen LogP contribution is -2.14. The first-order chi connectivity index (χ1) is 5.43. The average molecular weight is 235 g/mol. The first-order valence-corrected chi connectivity index (χ1v) is 4.56. The van der Waals surface area contributed by atoms with Gasteiger partial charge in [0.2, 0.25) is 0 Å². The van der Waals surface area contributed by atoms with Crippen LogP contribution >= 0.6 is 34.5 Å². The van der Waals surface area contributed by atoms with Crippen molar-refractivity contribution in [1.82, 2.24) is 0 Å². The van der Waals surface area contributed by atoms with E-state index in [1.54, 1.807) is 0 Å². The molecule has 1 aromatic rings. The highest BCUT2D eigenvalue weighted by Gasteiger charge is 2.41. The fraction of sp³-hybridized carbons (Fsp3) is 0.333. The van der Waals surface area contributed by atoms with Gasteiger partial charge in [0.25, 0.3) is 0 Å². The SMILES string of the molecule is FC(F)(F)C(Cl)c1sccc1Cl. The van der Waals surface area contributed by atoms with E-state index < -0.39 is 11.6 Å². The predicted molar refractivity (Wildman–Crippen MR) is 44.0 cm³/mol. The van der Waals surface area contributed by atoms with E-state index in [1.165, 1.54) is 11.4 Å². The third-order valence-corrected chi connectivity index (χ3v) is 3.18. The summed E-state index contributed by atoms with van der Waals surface area (Å²) in [7, 11) is 0. The summed E-state index contributed by atoms with van der Waals surface area (Å²) in [4.78, 5) is -0.0502. The van der Waals surface area contributed by atoms with E-state index in [0.717, 1.165) is 11.3 Å². The molecule has 0 N–H and O–H groups in total. The van der Waals surface area contributed by atoms with Gasteiger partial charge in [-0.1, -0.05) is 11.6 Å². The third kappa shape index (κ3) is 2.06. The molecule has 0 aromatic carbocycles. The van der Waals surface area contributed by atoms with Crippen molar-refractivity contribution in [3.05, 3.63) is 21.3 Å². The van der Waals surface area contributed by atoms with E-state index in [2.05, 4.69) is 0 Å². The van der Waals surface area contributed by atoms with Crippen LogP contribution in [-0.2, 0) is 0 Å². The Morgan fingerprint density at radius 3 is 2.33 bits per heavy atom. The lowest BCUT2D eigenvalue weighted by atomic mass is 10.3. The molecule has 0 nitrogen and oxygen atoms in total. The average Bonchev–Trinajstić information content (AvgIpc) is 2.31. The number of alkyl halides is 4. The second kappa shape index (κ2) is 3.44. The normalized spacial score (nSPS) is 14.8. The highest BCUT2D eigenvalue weighted by molar-refractivity contribution is 7.11. The summed E-state index contributed by atoms with van der Waals surface area (Å²) in [6.07, 6.45) is -4.43. The predicted octanol–water partition coefficient (Wildman–Crippen LogP) is 4.24. The Morgan fingerprint density at radius 2 is 2.00 bits per heavy atom. The molecule has 6 heteroatoms. The lowest BCUT2D eigenvalue weighted by Gasteiger charge is -2.11. The van der Waals surface area contributed by atoms with Crippen molar-refractivity contribution >= 4 is 34.5 Å². The molecule has 0 fully saturated rings. The zero-order chi connectivity index (χ0) is 9.35. The van der Waals surface area contributed by atoms with E-state index >= 15 is 0 Å². The molecular formula is C6H3Cl2F3S. The molecule has 0 aliphatic heterocycles. The summed E-state index contributed by atoms with van der Waals surface area (Å²) < 4.78 is 36.0. The molecular weight excluding hydrogens is 232 g/mol. The topological polar surface area (TPSA) is 0 Å². The standard InChI is InChI=1S/C6H3Cl2F3S/c7-3-1-2-12-4(3)5(8)6(9,10)11/h1-2,5H. The molecule has 1 rings (SSSR count). The van der Waals surface area contributed by atoms with Gasteiger partial charge in [-0.2, -0.15) is 13.2 Å². The summed E-state index contributed by atoms with van der Waals surface area (Å²) in [5.74, 6) is 0. The van der Waals surface area contributed by atoms with Crippen molar-refractivity contribution in [2.24, 2.45) is 0 Å². The monoisotopic (exact) mass is 234 g/mol. The minimum absolute atomic E-state index is 0.0502. The molecule has 1 atom stereocenters.